The Balaban J connectivity index is 2.50. The monoisotopic (exact) mass is 208 g/mol. The number of benzene rings is 1. The van der Waals surface area contributed by atoms with Gasteiger partial charge in [-0.25, -0.2) is 0 Å². The van der Waals surface area contributed by atoms with Gasteiger partial charge in [-0.3, -0.25) is 4.90 Å². The third-order valence-corrected chi connectivity index (χ3v) is 2.44. The van der Waals surface area contributed by atoms with Crippen molar-refractivity contribution in [1.82, 2.24) is 4.90 Å². The Labute approximate surface area is 91.5 Å². The van der Waals surface area contributed by atoms with Crippen molar-refractivity contribution in [3.63, 3.8) is 0 Å². The molecular weight excluding hydrogens is 188 g/mol. The number of rotatable bonds is 6. The molecule has 0 unspecified atom stereocenters. The largest absolute Gasteiger partial charge is 0.508 e. The first kappa shape index (κ1) is 12.0. The van der Waals surface area contributed by atoms with E-state index in [-0.39, 0.29) is 0 Å². The van der Waals surface area contributed by atoms with Crippen LogP contribution in [-0.4, -0.2) is 29.6 Å². The normalized spacial score (nSPS) is 10.9. The first-order valence-electron chi connectivity index (χ1n) is 5.46. The molecule has 0 aliphatic carbocycles. The molecule has 0 aromatic heterocycles. The molecule has 0 bridgehead atoms. The van der Waals surface area contributed by atoms with E-state index >= 15 is 0 Å². The summed E-state index contributed by atoms with van der Waals surface area (Å²) in [7, 11) is 0. The highest BCUT2D eigenvalue weighted by Gasteiger charge is 2.03. The molecule has 0 amide bonds. The molecule has 3 nitrogen and oxygen atoms in total. The lowest BCUT2D eigenvalue weighted by molar-refractivity contribution is 0.277. The summed E-state index contributed by atoms with van der Waals surface area (Å²) in [5.41, 5.74) is 6.63. The number of phenols is 1. The van der Waals surface area contributed by atoms with Gasteiger partial charge in [-0.05, 0) is 43.8 Å². The van der Waals surface area contributed by atoms with Crippen molar-refractivity contribution in [2.24, 2.45) is 5.73 Å². The Morgan fingerprint density at radius 1 is 1.40 bits per heavy atom. The highest BCUT2D eigenvalue weighted by Crippen LogP contribution is 2.12. The molecule has 0 atom stereocenters. The molecule has 1 aromatic rings. The summed E-state index contributed by atoms with van der Waals surface area (Å²) < 4.78 is 0. The first-order valence-corrected chi connectivity index (χ1v) is 5.46. The number of hydrogen-bond acceptors (Lipinski definition) is 3. The average Bonchev–Trinajstić information content (AvgIpc) is 2.24. The van der Waals surface area contributed by atoms with Crippen LogP contribution in [0.5, 0.6) is 5.75 Å². The van der Waals surface area contributed by atoms with Gasteiger partial charge < -0.3 is 10.8 Å². The van der Waals surface area contributed by atoms with Gasteiger partial charge in [-0.1, -0.05) is 19.1 Å². The van der Waals surface area contributed by atoms with Gasteiger partial charge in [0.2, 0.25) is 0 Å². The summed E-state index contributed by atoms with van der Waals surface area (Å²) >= 11 is 0. The summed E-state index contributed by atoms with van der Waals surface area (Å²) in [6.45, 7) is 5.78. The van der Waals surface area contributed by atoms with Crippen molar-refractivity contribution < 1.29 is 5.11 Å². The average molecular weight is 208 g/mol. The van der Waals surface area contributed by atoms with E-state index in [2.05, 4.69) is 11.8 Å². The summed E-state index contributed by atoms with van der Waals surface area (Å²) in [6.07, 6.45) is 1.02. The smallest absolute Gasteiger partial charge is 0.115 e. The van der Waals surface area contributed by atoms with Crippen LogP contribution in [0.15, 0.2) is 24.3 Å². The van der Waals surface area contributed by atoms with Crippen molar-refractivity contribution in [2.45, 2.75) is 19.9 Å². The van der Waals surface area contributed by atoms with Gasteiger partial charge in [0.05, 0.1) is 0 Å². The maximum absolute atomic E-state index is 9.34. The van der Waals surface area contributed by atoms with Crippen LogP contribution in [0, 0.1) is 0 Å². The van der Waals surface area contributed by atoms with E-state index in [1.165, 1.54) is 0 Å². The van der Waals surface area contributed by atoms with Gasteiger partial charge in [-0.2, -0.15) is 0 Å². The molecule has 0 radical (unpaired) electrons. The minimum atomic E-state index is 0.336. The van der Waals surface area contributed by atoms with Crippen LogP contribution in [0.3, 0.4) is 0 Å². The van der Waals surface area contributed by atoms with Crippen LogP contribution in [0.25, 0.3) is 0 Å². The van der Waals surface area contributed by atoms with Crippen LogP contribution in [-0.2, 0) is 6.54 Å². The SMILES string of the molecule is CCN(CCCN)Cc1cccc(O)c1. The Bertz CT molecular complexity index is 289. The van der Waals surface area contributed by atoms with Crippen LogP contribution < -0.4 is 5.73 Å². The van der Waals surface area contributed by atoms with E-state index in [9.17, 15) is 5.11 Å². The standard InChI is InChI=1S/C12H20N2O/c1-2-14(8-4-7-13)10-11-5-3-6-12(15)9-11/h3,5-6,9,15H,2,4,7-8,10,13H2,1H3. The predicted molar refractivity (Wildman–Crippen MR) is 62.7 cm³/mol. The van der Waals surface area contributed by atoms with E-state index in [4.69, 9.17) is 5.73 Å². The molecule has 0 saturated heterocycles. The van der Waals surface area contributed by atoms with E-state index < -0.39 is 0 Å². The Kier molecular flexibility index (Phi) is 5.15. The minimum Gasteiger partial charge on any atom is -0.508 e. The molecule has 84 valence electrons. The zero-order chi connectivity index (χ0) is 11.1. The van der Waals surface area contributed by atoms with E-state index in [1.54, 1.807) is 6.07 Å². The molecule has 0 saturated carbocycles. The molecule has 1 aromatic carbocycles. The van der Waals surface area contributed by atoms with E-state index in [0.717, 1.165) is 38.2 Å². The number of hydrogen-bond donors (Lipinski definition) is 2. The lowest BCUT2D eigenvalue weighted by atomic mass is 10.2. The molecule has 3 N–H and O–H groups in total. The summed E-state index contributed by atoms with van der Waals surface area (Å²) in [4.78, 5) is 2.32. The fourth-order valence-electron chi connectivity index (χ4n) is 1.58. The second-order valence-electron chi connectivity index (χ2n) is 3.68. The van der Waals surface area contributed by atoms with Crippen molar-refractivity contribution in [3.8, 4) is 5.75 Å². The van der Waals surface area contributed by atoms with E-state index in [1.807, 2.05) is 18.2 Å². The first-order chi connectivity index (χ1) is 7.26. The van der Waals surface area contributed by atoms with Gasteiger partial charge in [-0.15, -0.1) is 0 Å². The maximum Gasteiger partial charge on any atom is 0.115 e. The topological polar surface area (TPSA) is 49.5 Å². The Morgan fingerprint density at radius 3 is 2.80 bits per heavy atom. The molecule has 0 aliphatic heterocycles. The molecule has 0 heterocycles. The van der Waals surface area contributed by atoms with Crippen molar-refractivity contribution in [3.05, 3.63) is 29.8 Å². The summed E-state index contributed by atoms with van der Waals surface area (Å²) in [6, 6.07) is 7.41. The van der Waals surface area contributed by atoms with Crippen molar-refractivity contribution >= 4 is 0 Å². The second-order valence-corrected chi connectivity index (χ2v) is 3.68. The van der Waals surface area contributed by atoms with Gasteiger partial charge in [0.1, 0.15) is 5.75 Å². The summed E-state index contributed by atoms with van der Waals surface area (Å²) in [5, 5.41) is 9.34. The minimum absolute atomic E-state index is 0.336. The Morgan fingerprint density at radius 2 is 2.20 bits per heavy atom. The van der Waals surface area contributed by atoms with Crippen molar-refractivity contribution in [1.29, 1.82) is 0 Å². The third-order valence-electron chi connectivity index (χ3n) is 2.44. The zero-order valence-corrected chi connectivity index (χ0v) is 9.32. The van der Waals surface area contributed by atoms with Crippen LogP contribution in [0.2, 0.25) is 0 Å². The maximum atomic E-state index is 9.34. The molecule has 0 fully saturated rings. The predicted octanol–water partition coefficient (Wildman–Crippen LogP) is 1.56. The van der Waals surface area contributed by atoms with Crippen LogP contribution >= 0.6 is 0 Å². The second kappa shape index (κ2) is 6.43. The van der Waals surface area contributed by atoms with Crippen LogP contribution in [0.1, 0.15) is 18.9 Å². The molecule has 3 heteroatoms. The highest BCUT2D eigenvalue weighted by atomic mass is 16.3. The van der Waals surface area contributed by atoms with Gasteiger partial charge in [0, 0.05) is 6.54 Å². The lowest BCUT2D eigenvalue weighted by Crippen LogP contribution is -2.25. The molecular formula is C12H20N2O. The van der Waals surface area contributed by atoms with Gasteiger partial charge in [0.15, 0.2) is 0 Å². The summed E-state index contributed by atoms with van der Waals surface area (Å²) in [5.74, 6) is 0.336. The fraction of sp³-hybridized carbons (Fsp3) is 0.500. The third kappa shape index (κ3) is 4.32. The molecule has 15 heavy (non-hydrogen) atoms. The highest BCUT2D eigenvalue weighted by molar-refractivity contribution is 5.26. The fourth-order valence-corrected chi connectivity index (χ4v) is 1.58. The van der Waals surface area contributed by atoms with Crippen LogP contribution in [0.4, 0.5) is 0 Å². The van der Waals surface area contributed by atoms with E-state index in [0.29, 0.717) is 5.75 Å². The molecule has 0 aliphatic rings. The number of nitrogens with two attached hydrogens (primary N) is 1. The zero-order valence-electron chi connectivity index (χ0n) is 9.32. The van der Waals surface area contributed by atoms with Gasteiger partial charge >= 0.3 is 0 Å². The molecule has 0 spiro atoms. The number of aromatic hydroxyl groups is 1. The Hall–Kier alpha value is -1.06. The quantitative estimate of drug-likeness (QED) is 0.746. The lowest BCUT2D eigenvalue weighted by Gasteiger charge is -2.20. The van der Waals surface area contributed by atoms with Crippen molar-refractivity contribution in [2.75, 3.05) is 19.6 Å². The number of nitrogens with zero attached hydrogens (tertiary/aromatic N) is 1. The molecule has 1 rings (SSSR count). The van der Waals surface area contributed by atoms with Gasteiger partial charge in [0.25, 0.3) is 0 Å². The number of phenolic OH excluding ortho intramolecular Hbond substituents is 1.